The molecule has 1 aromatic carbocycles. The summed E-state index contributed by atoms with van der Waals surface area (Å²) in [6.07, 6.45) is 1.74. The molecular formula is C19H20N2O2. The Bertz CT molecular complexity index is 866. The molecular weight excluding hydrogens is 288 g/mol. The number of nitrogens with zero attached hydrogens (tertiary/aromatic N) is 2. The lowest BCUT2D eigenvalue weighted by Crippen LogP contribution is -2.11. The van der Waals surface area contributed by atoms with E-state index in [1.807, 2.05) is 38.1 Å². The second-order valence-electron chi connectivity index (χ2n) is 5.70. The number of carbonyl (C=O) groups excluding carboxylic acids is 1. The minimum absolute atomic E-state index is 0.0972. The number of pyridine rings is 1. The molecule has 23 heavy (non-hydrogen) atoms. The molecule has 0 aliphatic carbocycles. The van der Waals surface area contributed by atoms with Crippen molar-refractivity contribution in [1.82, 2.24) is 9.55 Å². The van der Waals surface area contributed by atoms with Crippen LogP contribution in [0.15, 0.2) is 42.6 Å². The van der Waals surface area contributed by atoms with Gasteiger partial charge in [-0.15, -0.1) is 0 Å². The molecule has 0 fully saturated rings. The Morgan fingerprint density at radius 3 is 2.52 bits per heavy atom. The Morgan fingerprint density at radius 1 is 1.17 bits per heavy atom. The van der Waals surface area contributed by atoms with Gasteiger partial charge >= 0.3 is 5.97 Å². The van der Waals surface area contributed by atoms with Crippen LogP contribution in [0, 0.1) is 13.8 Å². The Morgan fingerprint density at radius 2 is 1.87 bits per heavy atom. The molecule has 0 spiro atoms. The summed E-state index contributed by atoms with van der Waals surface area (Å²) in [5.41, 5.74) is 4.60. The number of methoxy groups -OCH3 is 1. The van der Waals surface area contributed by atoms with Gasteiger partial charge in [-0.2, -0.15) is 0 Å². The summed E-state index contributed by atoms with van der Waals surface area (Å²) in [6, 6.07) is 12.2. The largest absolute Gasteiger partial charge is 0.465 e. The van der Waals surface area contributed by atoms with Crippen LogP contribution in [-0.2, 0) is 4.74 Å². The molecule has 0 aliphatic heterocycles. The van der Waals surface area contributed by atoms with Crippen molar-refractivity contribution in [1.29, 1.82) is 0 Å². The van der Waals surface area contributed by atoms with Crippen molar-refractivity contribution in [3.8, 4) is 0 Å². The third-order valence-electron chi connectivity index (χ3n) is 4.40. The van der Waals surface area contributed by atoms with Crippen molar-refractivity contribution in [2.24, 2.45) is 0 Å². The molecule has 3 aromatic rings. The quantitative estimate of drug-likeness (QED) is 0.686. The van der Waals surface area contributed by atoms with Crippen molar-refractivity contribution in [3.63, 3.8) is 0 Å². The van der Waals surface area contributed by atoms with E-state index in [0.717, 1.165) is 22.3 Å². The summed E-state index contributed by atoms with van der Waals surface area (Å²) in [5.74, 6) is -0.308. The molecule has 1 atom stereocenters. The average Bonchev–Trinajstić information content (AvgIpc) is 2.88. The predicted octanol–water partition coefficient (Wildman–Crippen LogP) is 4.05. The first kappa shape index (κ1) is 15.3. The Balaban J connectivity index is 2.33. The van der Waals surface area contributed by atoms with E-state index >= 15 is 0 Å². The van der Waals surface area contributed by atoms with E-state index in [4.69, 9.17) is 4.74 Å². The van der Waals surface area contributed by atoms with Crippen molar-refractivity contribution >= 4 is 16.9 Å². The number of aryl methyl sites for hydroxylation is 1. The van der Waals surface area contributed by atoms with Gasteiger partial charge in [0.05, 0.1) is 29.9 Å². The molecule has 0 amide bonds. The fraction of sp³-hybridized carbons (Fsp3) is 0.263. The third kappa shape index (κ3) is 2.40. The predicted molar refractivity (Wildman–Crippen MR) is 90.8 cm³/mol. The SMILES string of the molecule is COC(=O)c1c(C)n(C(C)c2ccccc2)c2c(C)nccc12. The van der Waals surface area contributed by atoms with E-state index in [2.05, 4.69) is 28.6 Å². The molecule has 3 rings (SSSR count). The number of rotatable bonds is 3. The molecule has 0 radical (unpaired) electrons. The average molecular weight is 308 g/mol. The molecule has 118 valence electrons. The maximum atomic E-state index is 12.3. The molecule has 4 heteroatoms. The number of fused-ring (bicyclic) bond motifs is 1. The first-order valence-electron chi connectivity index (χ1n) is 7.65. The number of esters is 1. The highest BCUT2D eigenvalue weighted by Gasteiger charge is 2.24. The summed E-state index contributed by atoms with van der Waals surface area (Å²) < 4.78 is 7.17. The molecule has 2 heterocycles. The van der Waals surface area contributed by atoms with Crippen LogP contribution < -0.4 is 0 Å². The Labute approximate surface area is 135 Å². The highest BCUT2D eigenvalue weighted by atomic mass is 16.5. The number of benzene rings is 1. The van der Waals surface area contributed by atoms with Gasteiger partial charge in [0.2, 0.25) is 0 Å². The van der Waals surface area contributed by atoms with Crippen LogP contribution in [0.1, 0.15) is 40.3 Å². The number of carbonyl (C=O) groups is 1. The summed E-state index contributed by atoms with van der Waals surface area (Å²) in [7, 11) is 1.42. The number of hydrogen-bond donors (Lipinski definition) is 0. The van der Waals surface area contributed by atoms with Gasteiger partial charge in [-0.05, 0) is 32.4 Å². The van der Waals surface area contributed by atoms with Crippen molar-refractivity contribution in [2.75, 3.05) is 7.11 Å². The normalized spacial score (nSPS) is 12.3. The first-order chi connectivity index (χ1) is 11.1. The standard InChI is InChI=1S/C19H20N2O2/c1-12-18-16(10-11-20-12)17(19(22)23-4)14(3)21(18)13(2)15-8-6-5-7-9-15/h5-11,13H,1-4H3. The summed E-state index contributed by atoms with van der Waals surface area (Å²) >= 11 is 0. The second-order valence-corrected chi connectivity index (χ2v) is 5.70. The van der Waals surface area contributed by atoms with Crippen LogP contribution in [0.4, 0.5) is 0 Å². The molecule has 4 nitrogen and oxygen atoms in total. The van der Waals surface area contributed by atoms with Crippen LogP contribution >= 0.6 is 0 Å². The van der Waals surface area contributed by atoms with Gasteiger partial charge in [-0.1, -0.05) is 30.3 Å². The van der Waals surface area contributed by atoms with Crippen molar-refractivity contribution in [3.05, 3.63) is 65.1 Å². The zero-order valence-corrected chi connectivity index (χ0v) is 13.8. The Hall–Kier alpha value is -2.62. The fourth-order valence-electron chi connectivity index (χ4n) is 3.27. The van der Waals surface area contributed by atoms with E-state index < -0.39 is 0 Å². The number of aromatic nitrogens is 2. The molecule has 0 saturated carbocycles. The number of hydrogen-bond acceptors (Lipinski definition) is 3. The maximum absolute atomic E-state index is 12.3. The maximum Gasteiger partial charge on any atom is 0.340 e. The molecule has 2 aromatic heterocycles. The zero-order chi connectivity index (χ0) is 16.6. The van der Waals surface area contributed by atoms with Crippen LogP contribution in [0.3, 0.4) is 0 Å². The summed E-state index contributed by atoms with van der Waals surface area (Å²) in [5, 5.41) is 0.893. The van der Waals surface area contributed by atoms with Gasteiger partial charge in [0.1, 0.15) is 0 Å². The van der Waals surface area contributed by atoms with Crippen LogP contribution in [0.25, 0.3) is 10.9 Å². The smallest absolute Gasteiger partial charge is 0.340 e. The second kappa shape index (κ2) is 5.88. The van der Waals surface area contributed by atoms with Crippen LogP contribution in [-0.4, -0.2) is 22.6 Å². The minimum Gasteiger partial charge on any atom is -0.465 e. The zero-order valence-electron chi connectivity index (χ0n) is 13.8. The van der Waals surface area contributed by atoms with Gasteiger partial charge in [-0.3, -0.25) is 4.98 Å². The van der Waals surface area contributed by atoms with Gasteiger partial charge in [0.15, 0.2) is 0 Å². The van der Waals surface area contributed by atoms with E-state index in [-0.39, 0.29) is 12.0 Å². The number of ether oxygens (including phenoxy) is 1. The molecule has 0 N–H and O–H groups in total. The highest BCUT2D eigenvalue weighted by molar-refractivity contribution is 6.06. The Kier molecular flexibility index (Phi) is 3.90. The van der Waals surface area contributed by atoms with Gasteiger partial charge < -0.3 is 9.30 Å². The lowest BCUT2D eigenvalue weighted by molar-refractivity contribution is 0.0602. The van der Waals surface area contributed by atoms with Gasteiger partial charge in [0, 0.05) is 17.3 Å². The van der Waals surface area contributed by atoms with Crippen molar-refractivity contribution in [2.45, 2.75) is 26.8 Å². The monoisotopic (exact) mass is 308 g/mol. The van der Waals surface area contributed by atoms with Gasteiger partial charge in [0.25, 0.3) is 0 Å². The van der Waals surface area contributed by atoms with Gasteiger partial charge in [-0.25, -0.2) is 4.79 Å². The minimum atomic E-state index is -0.308. The van der Waals surface area contributed by atoms with E-state index in [1.165, 1.54) is 12.7 Å². The fourth-order valence-corrected chi connectivity index (χ4v) is 3.27. The third-order valence-corrected chi connectivity index (χ3v) is 4.40. The van der Waals surface area contributed by atoms with E-state index in [1.54, 1.807) is 6.20 Å². The topological polar surface area (TPSA) is 44.1 Å². The van der Waals surface area contributed by atoms with Crippen LogP contribution in [0.5, 0.6) is 0 Å². The lowest BCUT2D eigenvalue weighted by atomic mass is 10.1. The van der Waals surface area contributed by atoms with E-state index in [0.29, 0.717) is 5.56 Å². The molecule has 0 aliphatic rings. The summed E-state index contributed by atoms with van der Waals surface area (Å²) in [4.78, 5) is 16.7. The van der Waals surface area contributed by atoms with Crippen molar-refractivity contribution < 1.29 is 9.53 Å². The first-order valence-corrected chi connectivity index (χ1v) is 7.65. The van der Waals surface area contributed by atoms with E-state index in [9.17, 15) is 4.79 Å². The molecule has 0 bridgehead atoms. The molecule has 1 unspecified atom stereocenters. The molecule has 0 saturated heterocycles. The highest BCUT2D eigenvalue weighted by Crippen LogP contribution is 2.33. The van der Waals surface area contributed by atoms with Crippen LogP contribution in [0.2, 0.25) is 0 Å². The summed E-state index contributed by atoms with van der Waals surface area (Å²) in [6.45, 7) is 6.07. The lowest BCUT2D eigenvalue weighted by Gasteiger charge is -2.19.